The number of sulfonamides is 1. The molecular formula is C27H39N3O6S. The van der Waals surface area contributed by atoms with Crippen molar-refractivity contribution in [2.24, 2.45) is 0 Å². The maximum absolute atomic E-state index is 13.9. The van der Waals surface area contributed by atoms with Crippen molar-refractivity contribution in [3.63, 3.8) is 0 Å². The van der Waals surface area contributed by atoms with Gasteiger partial charge in [-0.25, -0.2) is 8.42 Å². The van der Waals surface area contributed by atoms with Crippen LogP contribution in [0.15, 0.2) is 42.5 Å². The zero-order valence-corrected chi connectivity index (χ0v) is 23.8. The van der Waals surface area contributed by atoms with Gasteiger partial charge in [0.2, 0.25) is 21.8 Å². The molecule has 0 aliphatic rings. The van der Waals surface area contributed by atoms with Gasteiger partial charge in [-0.3, -0.25) is 13.9 Å². The van der Waals surface area contributed by atoms with Crippen LogP contribution >= 0.6 is 0 Å². The first-order chi connectivity index (χ1) is 17.2. The van der Waals surface area contributed by atoms with E-state index in [-0.39, 0.29) is 23.9 Å². The van der Waals surface area contributed by atoms with Gasteiger partial charge in [-0.15, -0.1) is 0 Å². The quantitative estimate of drug-likeness (QED) is 0.474. The van der Waals surface area contributed by atoms with Crippen molar-refractivity contribution in [3.8, 4) is 11.5 Å². The molecule has 0 heterocycles. The number of hydrogen-bond acceptors (Lipinski definition) is 6. The molecule has 0 spiro atoms. The Hall–Kier alpha value is -3.27. The summed E-state index contributed by atoms with van der Waals surface area (Å²) in [5, 5.41) is 2.95. The molecular weight excluding hydrogens is 494 g/mol. The van der Waals surface area contributed by atoms with Gasteiger partial charge in [0.25, 0.3) is 0 Å². The molecule has 204 valence electrons. The summed E-state index contributed by atoms with van der Waals surface area (Å²) in [5.41, 5.74) is 1.52. The summed E-state index contributed by atoms with van der Waals surface area (Å²) in [5.74, 6) is -0.0978. The van der Waals surface area contributed by atoms with E-state index in [1.165, 1.54) is 25.2 Å². The molecule has 2 rings (SSSR count). The minimum absolute atomic E-state index is 0.152. The number of benzene rings is 2. The average Bonchev–Trinajstić information content (AvgIpc) is 2.81. The molecule has 0 radical (unpaired) electrons. The first kappa shape index (κ1) is 30.0. The van der Waals surface area contributed by atoms with Crippen LogP contribution in [0, 0.1) is 6.92 Å². The fourth-order valence-electron chi connectivity index (χ4n) is 3.93. The fourth-order valence-corrected chi connectivity index (χ4v) is 4.78. The fraction of sp³-hybridized carbons (Fsp3) is 0.481. The van der Waals surface area contributed by atoms with Crippen molar-refractivity contribution in [3.05, 3.63) is 53.6 Å². The summed E-state index contributed by atoms with van der Waals surface area (Å²) in [4.78, 5) is 28.6. The van der Waals surface area contributed by atoms with Crippen LogP contribution in [-0.4, -0.2) is 63.7 Å². The van der Waals surface area contributed by atoms with Crippen LogP contribution in [0.4, 0.5) is 5.69 Å². The lowest BCUT2D eigenvalue weighted by Crippen LogP contribution is -2.55. The number of anilines is 1. The zero-order chi connectivity index (χ0) is 28.0. The minimum Gasteiger partial charge on any atom is -0.497 e. The number of amides is 2. The van der Waals surface area contributed by atoms with Gasteiger partial charge in [0.15, 0.2) is 0 Å². The van der Waals surface area contributed by atoms with E-state index in [0.717, 1.165) is 21.7 Å². The van der Waals surface area contributed by atoms with Crippen LogP contribution in [0.25, 0.3) is 0 Å². The van der Waals surface area contributed by atoms with E-state index in [1.54, 1.807) is 12.1 Å². The van der Waals surface area contributed by atoms with E-state index in [4.69, 9.17) is 9.47 Å². The number of carbonyl (C=O) groups is 2. The van der Waals surface area contributed by atoms with Gasteiger partial charge in [0, 0.05) is 18.2 Å². The molecule has 0 saturated carbocycles. The lowest BCUT2D eigenvalue weighted by Gasteiger charge is -2.35. The third kappa shape index (κ3) is 8.11. The van der Waals surface area contributed by atoms with Crippen LogP contribution in [0.1, 0.15) is 45.2 Å². The highest BCUT2D eigenvalue weighted by atomic mass is 32.2. The average molecular weight is 534 g/mol. The van der Waals surface area contributed by atoms with E-state index >= 15 is 0 Å². The SMILES string of the molecule is CC[C@H](C(=O)NC(C)(C)C)N(Cc1ccccc1C)C(=O)CN(c1ccc(OC)cc1OC)S(C)(=O)=O. The Bertz CT molecular complexity index is 1210. The molecule has 2 aromatic carbocycles. The lowest BCUT2D eigenvalue weighted by atomic mass is 10.0. The predicted molar refractivity (Wildman–Crippen MR) is 145 cm³/mol. The second kappa shape index (κ2) is 12.3. The maximum atomic E-state index is 13.9. The molecule has 37 heavy (non-hydrogen) atoms. The second-order valence-electron chi connectivity index (χ2n) is 9.92. The van der Waals surface area contributed by atoms with Gasteiger partial charge < -0.3 is 19.7 Å². The van der Waals surface area contributed by atoms with Gasteiger partial charge in [-0.05, 0) is 57.4 Å². The lowest BCUT2D eigenvalue weighted by molar-refractivity contribution is -0.141. The molecule has 0 saturated heterocycles. The molecule has 0 aromatic heterocycles. The van der Waals surface area contributed by atoms with Crippen molar-refractivity contribution >= 4 is 27.5 Å². The van der Waals surface area contributed by atoms with Crippen LogP contribution in [0.2, 0.25) is 0 Å². The van der Waals surface area contributed by atoms with Crippen LogP contribution in [0.5, 0.6) is 11.5 Å². The van der Waals surface area contributed by atoms with E-state index in [0.29, 0.717) is 12.2 Å². The summed E-state index contributed by atoms with van der Waals surface area (Å²) < 4.78 is 37.4. The highest BCUT2D eigenvalue weighted by molar-refractivity contribution is 7.92. The van der Waals surface area contributed by atoms with Gasteiger partial charge in [-0.2, -0.15) is 0 Å². The topological polar surface area (TPSA) is 105 Å². The molecule has 2 amide bonds. The zero-order valence-electron chi connectivity index (χ0n) is 23.0. The molecule has 0 unspecified atom stereocenters. The van der Waals surface area contributed by atoms with Crippen LogP contribution in [-0.2, 0) is 26.2 Å². The Kier molecular flexibility index (Phi) is 9.97. The van der Waals surface area contributed by atoms with E-state index in [9.17, 15) is 18.0 Å². The van der Waals surface area contributed by atoms with Crippen molar-refractivity contribution in [2.75, 3.05) is 31.3 Å². The van der Waals surface area contributed by atoms with Gasteiger partial charge in [0.1, 0.15) is 24.1 Å². The highest BCUT2D eigenvalue weighted by Crippen LogP contribution is 2.33. The summed E-state index contributed by atoms with van der Waals surface area (Å²) in [6.07, 6.45) is 1.38. The first-order valence-electron chi connectivity index (χ1n) is 12.1. The van der Waals surface area contributed by atoms with E-state index in [2.05, 4.69) is 5.32 Å². The van der Waals surface area contributed by atoms with E-state index in [1.807, 2.05) is 58.9 Å². The smallest absolute Gasteiger partial charge is 0.244 e. The Labute approximate surface area is 220 Å². The molecule has 0 aliphatic carbocycles. The number of nitrogens with one attached hydrogen (secondary N) is 1. The third-order valence-corrected chi connectivity index (χ3v) is 6.95. The Morgan fingerprint density at radius 3 is 2.22 bits per heavy atom. The first-order valence-corrected chi connectivity index (χ1v) is 13.9. The number of ether oxygens (including phenoxy) is 2. The van der Waals surface area contributed by atoms with Crippen molar-refractivity contribution in [1.82, 2.24) is 10.2 Å². The molecule has 0 aliphatic heterocycles. The maximum Gasteiger partial charge on any atom is 0.244 e. The Morgan fingerprint density at radius 1 is 1.05 bits per heavy atom. The van der Waals surface area contributed by atoms with Crippen molar-refractivity contribution in [2.45, 2.75) is 59.2 Å². The molecule has 2 aromatic rings. The van der Waals surface area contributed by atoms with Crippen molar-refractivity contribution in [1.29, 1.82) is 0 Å². The minimum atomic E-state index is -3.90. The van der Waals surface area contributed by atoms with Gasteiger partial charge in [-0.1, -0.05) is 31.2 Å². The summed E-state index contributed by atoms with van der Waals surface area (Å²) in [6, 6.07) is 11.5. The molecule has 10 heteroatoms. The molecule has 1 atom stereocenters. The normalized spacial score (nSPS) is 12.4. The Morgan fingerprint density at radius 2 is 1.70 bits per heavy atom. The summed E-state index contributed by atoms with van der Waals surface area (Å²) in [6.45, 7) is 9.00. The second-order valence-corrected chi connectivity index (χ2v) is 11.8. The summed E-state index contributed by atoms with van der Waals surface area (Å²) >= 11 is 0. The van der Waals surface area contributed by atoms with Crippen LogP contribution < -0.4 is 19.1 Å². The highest BCUT2D eigenvalue weighted by Gasteiger charge is 2.34. The number of hydrogen-bond donors (Lipinski definition) is 1. The standard InChI is InChI=1S/C27H39N3O6S/c1-9-22(26(32)28-27(3,4)5)29(17-20-13-11-10-12-19(20)2)25(31)18-30(37(8,33)34)23-15-14-21(35-6)16-24(23)36-7/h10-16,22H,9,17-18H2,1-8H3,(H,28,32)/t22-/m1/s1. The number of aryl methyl sites for hydroxylation is 1. The van der Waals surface area contributed by atoms with Crippen LogP contribution in [0.3, 0.4) is 0 Å². The molecule has 9 nitrogen and oxygen atoms in total. The van der Waals surface area contributed by atoms with E-state index < -0.39 is 34.1 Å². The number of carbonyl (C=O) groups excluding carboxylic acids is 2. The predicted octanol–water partition coefficient (Wildman–Crippen LogP) is 3.50. The van der Waals surface area contributed by atoms with Gasteiger partial charge in [0.05, 0.1) is 26.2 Å². The Balaban J connectivity index is 2.54. The molecule has 0 fully saturated rings. The largest absolute Gasteiger partial charge is 0.497 e. The molecule has 0 bridgehead atoms. The third-order valence-electron chi connectivity index (χ3n) is 5.82. The molecule has 1 N–H and O–H groups in total. The number of rotatable bonds is 11. The monoisotopic (exact) mass is 533 g/mol. The van der Waals surface area contributed by atoms with Crippen molar-refractivity contribution < 1.29 is 27.5 Å². The number of nitrogens with zero attached hydrogens (tertiary/aromatic N) is 2. The number of methoxy groups -OCH3 is 2. The van der Waals surface area contributed by atoms with Gasteiger partial charge >= 0.3 is 0 Å². The summed E-state index contributed by atoms with van der Waals surface area (Å²) in [7, 11) is -0.996.